The maximum absolute atomic E-state index is 13.7. The van der Waals surface area contributed by atoms with Gasteiger partial charge in [-0.15, -0.1) is 11.3 Å². The van der Waals surface area contributed by atoms with E-state index in [9.17, 15) is 19.7 Å². The second-order valence-electron chi connectivity index (χ2n) is 11.2. The van der Waals surface area contributed by atoms with Gasteiger partial charge in [0.15, 0.2) is 0 Å². The highest BCUT2D eigenvalue weighted by molar-refractivity contribution is 7.09. The lowest BCUT2D eigenvalue weighted by Gasteiger charge is -2.43. The number of likely N-dealkylation sites (tertiary alicyclic amines) is 1. The fourth-order valence-corrected chi connectivity index (χ4v) is 7.76. The number of allylic oxidation sites excluding steroid dienone is 2. The first-order valence-electron chi connectivity index (χ1n) is 14.4. The van der Waals surface area contributed by atoms with Crippen LogP contribution in [-0.4, -0.2) is 40.1 Å². The monoisotopic (exact) mass is 581 g/mol. The lowest BCUT2D eigenvalue weighted by atomic mass is 9.58. The zero-order valence-corrected chi connectivity index (χ0v) is 24.7. The highest BCUT2D eigenvalue weighted by atomic mass is 35.5. The largest absolute Gasteiger partial charge is 0.508 e. The SMILES string of the molecule is CCCC1=C2[C@@H](CC/C(=C/c3ccc(O)cc3Cl)CCC)OB(O)C[C@@H]2[C@@H]2C(=O)N(Cc3cccs3)C(=O)[C@@H]2C1. The van der Waals surface area contributed by atoms with E-state index in [2.05, 4.69) is 19.9 Å². The first-order chi connectivity index (χ1) is 19.3. The van der Waals surface area contributed by atoms with Crippen LogP contribution >= 0.6 is 22.9 Å². The molecule has 0 unspecified atom stereocenters. The fraction of sp³-hybridized carbons (Fsp3) is 0.484. The van der Waals surface area contributed by atoms with Crippen LogP contribution in [0.2, 0.25) is 11.3 Å². The summed E-state index contributed by atoms with van der Waals surface area (Å²) >= 11 is 7.94. The number of fused-ring (bicyclic) bond motifs is 3. The molecule has 3 heterocycles. The number of hydrogen-bond donors (Lipinski definition) is 2. The molecule has 40 heavy (non-hydrogen) atoms. The zero-order chi connectivity index (χ0) is 28.4. The number of benzene rings is 1. The van der Waals surface area contributed by atoms with Gasteiger partial charge in [0.25, 0.3) is 0 Å². The summed E-state index contributed by atoms with van der Waals surface area (Å²) in [5.41, 5.74) is 4.45. The molecule has 1 aromatic carbocycles. The molecule has 3 aliphatic rings. The molecular weight excluding hydrogens is 545 g/mol. The van der Waals surface area contributed by atoms with Crippen LogP contribution in [-0.2, 0) is 20.8 Å². The van der Waals surface area contributed by atoms with Crippen molar-refractivity contribution in [1.29, 1.82) is 0 Å². The van der Waals surface area contributed by atoms with Gasteiger partial charge in [0.05, 0.1) is 29.5 Å². The molecule has 0 radical (unpaired) electrons. The van der Waals surface area contributed by atoms with Gasteiger partial charge < -0.3 is 14.8 Å². The molecule has 1 aromatic heterocycles. The van der Waals surface area contributed by atoms with E-state index < -0.39 is 13.0 Å². The van der Waals surface area contributed by atoms with Crippen LogP contribution in [0.25, 0.3) is 6.08 Å². The molecular formula is C31H37BClNO5S. The number of thiophene rings is 1. The van der Waals surface area contributed by atoms with Gasteiger partial charge in [0, 0.05) is 4.88 Å². The molecule has 2 aromatic rings. The molecule has 4 atom stereocenters. The average Bonchev–Trinajstić information content (AvgIpc) is 3.51. The number of carbonyl (C=O) groups excluding carboxylic acids is 2. The molecule has 2 fully saturated rings. The number of aromatic hydroxyl groups is 1. The van der Waals surface area contributed by atoms with Crippen molar-refractivity contribution in [3.63, 3.8) is 0 Å². The summed E-state index contributed by atoms with van der Waals surface area (Å²) in [6.45, 7) is 4.59. The third-order valence-corrected chi connectivity index (χ3v) is 9.68. The number of phenols is 1. The van der Waals surface area contributed by atoms with Crippen LogP contribution in [0.4, 0.5) is 0 Å². The summed E-state index contributed by atoms with van der Waals surface area (Å²) in [4.78, 5) is 29.7. The van der Waals surface area contributed by atoms with Gasteiger partial charge in [0.2, 0.25) is 11.8 Å². The Morgan fingerprint density at radius 2 is 2.00 bits per heavy atom. The first-order valence-corrected chi connectivity index (χ1v) is 15.7. The second-order valence-corrected chi connectivity index (χ2v) is 12.6. The number of halogens is 1. The van der Waals surface area contributed by atoms with Gasteiger partial charge in [-0.2, -0.15) is 0 Å². The number of hydrogen-bond acceptors (Lipinski definition) is 6. The molecule has 9 heteroatoms. The lowest BCUT2D eigenvalue weighted by Crippen LogP contribution is -2.46. The number of phenolic OH excluding ortho intramolecular Hbond substituents is 1. The highest BCUT2D eigenvalue weighted by Crippen LogP contribution is 2.51. The summed E-state index contributed by atoms with van der Waals surface area (Å²) in [7, 11) is -0.972. The Bertz CT molecular complexity index is 1310. The van der Waals surface area contributed by atoms with Crippen LogP contribution < -0.4 is 0 Å². The van der Waals surface area contributed by atoms with E-state index >= 15 is 0 Å². The molecule has 5 rings (SSSR count). The number of nitrogens with zero attached hydrogens (tertiary/aromatic N) is 1. The Hall–Kier alpha value is -2.39. The molecule has 2 aliphatic heterocycles. The van der Waals surface area contributed by atoms with Gasteiger partial charge in [-0.1, -0.05) is 61.6 Å². The molecule has 2 saturated heterocycles. The maximum Gasteiger partial charge on any atom is 0.455 e. The third-order valence-electron chi connectivity index (χ3n) is 8.49. The van der Waals surface area contributed by atoms with E-state index in [0.29, 0.717) is 30.7 Å². The fourth-order valence-electron chi connectivity index (χ4n) is 6.84. The van der Waals surface area contributed by atoms with Crippen LogP contribution in [0.15, 0.2) is 52.4 Å². The number of amides is 2. The quantitative estimate of drug-likeness (QED) is 0.182. The second kappa shape index (κ2) is 12.6. The first kappa shape index (κ1) is 29.1. The van der Waals surface area contributed by atoms with Gasteiger partial charge >= 0.3 is 7.12 Å². The van der Waals surface area contributed by atoms with Crippen LogP contribution in [0.5, 0.6) is 5.75 Å². The van der Waals surface area contributed by atoms with Gasteiger partial charge in [-0.05, 0) is 85.1 Å². The van der Waals surface area contributed by atoms with E-state index in [4.69, 9.17) is 16.3 Å². The van der Waals surface area contributed by atoms with Crippen molar-refractivity contribution in [2.24, 2.45) is 17.8 Å². The number of carbonyl (C=O) groups is 2. The summed E-state index contributed by atoms with van der Waals surface area (Å²) in [6, 6.07) is 8.89. The van der Waals surface area contributed by atoms with Gasteiger partial charge in [-0.25, -0.2) is 0 Å². The normalized spacial score (nSPS) is 25.1. The Morgan fingerprint density at radius 3 is 2.70 bits per heavy atom. The van der Waals surface area contributed by atoms with Gasteiger partial charge in [0.1, 0.15) is 5.75 Å². The van der Waals surface area contributed by atoms with Crippen molar-refractivity contribution in [3.8, 4) is 5.75 Å². The van der Waals surface area contributed by atoms with Crippen molar-refractivity contribution in [2.45, 2.75) is 77.8 Å². The van der Waals surface area contributed by atoms with Crippen molar-refractivity contribution in [3.05, 3.63) is 67.9 Å². The minimum Gasteiger partial charge on any atom is -0.508 e. The van der Waals surface area contributed by atoms with Gasteiger partial charge in [-0.3, -0.25) is 14.5 Å². The minimum atomic E-state index is -0.972. The Labute approximate surface area is 245 Å². The van der Waals surface area contributed by atoms with Crippen LogP contribution in [0.3, 0.4) is 0 Å². The molecule has 1 aliphatic carbocycles. The number of rotatable bonds is 10. The van der Waals surface area contributed by atoms with Crippen molar-refractivity contribution < 1.29 is 24.4 Å². The van der Waals surface area contributed by atoms with Crippen molar-refractivity contribution in [2.75, 3.05) is 0 Å². The van der Waals surface area contributed by atoms with Crippen LogP contribution in [0.1, 0.15) is 69.2 Å². The van der Waals surface area contributed by atoms with E-state index in [0.717, 1.165) is 48.1 Å². The van der Waals surface area contributed by atoms with E-state index in [1.54, 1.807) is 23.5 Å². The zero-order valence-electron chi connectivity index (χ0n) is 23.1. The molecule has 6 nitrogen and oxygen atoms in total. The number of imide groups is 1. The Kier molecular flexibility index (Phi) is 9.20. The molecule has 2 amide bonds. The molecule has 212 valence electrons. The topological polar surface area (TPSA) is 87.1 Å². The Balaban J connectivity index is 1.41. The Morgan fingerprint density at radius 1 is 1.18 bits per heavy atom. The maximum atomic E-state index is 13.7. The van der Waals surface area contributed by atoms with E-state index in [1.165, 1.54) is 16.0 Å². The summed E-state index contributed by atoms with van der Waals surface area (Å²) in [5.74, 6) is -1.04. The molecule has 0 saturated carbocycles. The van der Waals surface area contributed by atoms with Crippen LogP contribution in [0, 0.1) is 17.8 Å². The summed E-state index contributed by atoms with van der Waals surface area (Å²) in [5, 5.41) is 23.0. The standard InChI is InChI=1S/C31H37BClNO5S/c1-3-6-19(14-20-10-11-22(35)16-26(20)33)9-12-27-28-21(7-4-2)15-24-29(25(28)17-32(38)39-27)31(37)34(30(24)36)18-23-8-5-13-40-23/h5,8,10-11,13-14,16,24-25,27,29,35,38H,3-4,6-7,9,12,15,17-18H2,1-2H3/b19-14+/t24-,25+,27-,29-/m1/s1. The van der Waals surface area contributed by atoms with E-state index in [-0.39, 0.29) is 35.5 Å². The smallest absolute Gasteiger partial charge is 0.455 e. The predicted molar refractivity (Wildman–Crippen MR) is 160 cm³/mol. The third kappa shape index (κ3) is 5.96. The molecule has 0 bridgehead atoms. The summed E-state index contributed by atoms with van der Waals surface area (Å²) in [6.07, 6.45) is 7.81. The molecule has 0 spiro atoms. The predicted octanol–water partition coefficient (Wildman–Crippen LogP) is 6.87. The van der Waals surface area contributed by atoms with Crippen molar-refractivity contribution >= 4 is 47.9 Å². The highest BCUT2D eigenvalue weighted by Gasteiger charge is 2.57. The van der Waals surface area contributed by atoms with Crippen molar-refractivity contribution in [1.82, 2.24) is 4.90 Å². The minimum absolute atomic E-state index is 0.0764. The average molecular weight is 582 g/mol. The van der Waals surface area contributed by atoms with E-state index in [1.807, 2.05) is 23.6 Å². The lowest BCUT2D eigenvalue weighted by molar-refractivity contribution is -0.140. The summed E-state index contributed by atoms with van der Waals surface area (Å²) < 4.78 is 6.18. The molecule has 2 N–H and O–H groups in total.